The van der Waals surface area contributed by atoms with E-state index >= 15 is 0 Å². The van der Waals surface area contributed by atoms with Crippen LogP contribution in [0, 0.1) is 0 Å². The summed E-state index contributed by atoms with van der Waals surface area (Å²) in [6.07, 6.45) is 1.57. The summed E-state index contributed by atoms with van der Waals surface area (Å²) in [6, 6.07) is 5.30. The van der Waals surface area contributed by atoms with Gasteiger partial charge in [-0.25, -0.2) is 0 Å². The Bertz CT molecular complexity index is 443. The molecule has 1 heterocycles. The van der Waals surface area contributed by atoms with E-state index in [-0.39, 0.29) is 11.7 Å². The summed E-state index contributed by atoms with van der Waals surface area (Å²) in [4.78, 5) is 0. The Morgan fingerprint density at radius 1 is 1.53 bits per heavy atom. The molecule has 0 saturated carbocycles. The van der Waals surface area contributed by atoms with Crippen LogP contribution < -0.4 is 4.74 Å². The van der Waals surface area contributed by atoms with Gasteiger partial charge in [-0.2, -0.15) is 0 Å². The molecule has 2 rings (SSSR count). The molecule has 0 aromatic heterocycles. The van der Waals surface area contributed by atoms with Crippen LogP contribution in [0.4, 0.5) is 0 Å². The fourth-order valence-electron chi connectivity index (χ4n) is 2.35. The van der Waals surface area contributed by atoms with Gasteiger partial charge in [-0.15, -0.1) is 0 Å². The Hall–Kier alpha value is -0.770. The molecule has 0 aliphatic carbocycles. The maximum absolute atomic E-state index is 9.73. The first kappa shape index (κ1) is 14.6. The molecule has 3 nitrogen and oxygen atoms in total. The molecule has 0 radical (unpaired) electrons. The summed E-state index contributed by atoms with van der Waals surface area (Å²) < 4.78 is 11.7. The van der Waals surface area contributed by atoms with Crippen molar-refractivity contribution in [2.45, 2.75) is 51.4 Å². The van der Waals surface area contributed by atoms with E-state index in [1.165, 1.54) is 0 Å². The zero-order valence-corrected chi connectivity index (χ0v) is 12.4. The number of hydrogen-bond donors (Lipinski definition) is 1. The maximum atomic E-state index is 9.73. The van der Waals surface area contributed by atoms with Gasteiger partial charge in [-0.05, 0) is 51.8 Å². The first-order valence-corrected chi connectivity index (χ1v) is 7.03. The highest BCUT2D eigenvalue weighted by molar-refractivity contribution is 6.30. The Morgan fingerprint density at radius 3 is 2.84 bits per heavy atom. The number of halogens is 1. The Labute approximate surface area is 119 Å². The molecule has 1 aliphatic heterocycles. The SMILES string of the molecule is C[C@@H](O)c1cc(Cl)ccc1OCC1CCC(C)(C)O1. The van der Waals surface area contributed by atoms with Crippen molar-refractivity contribution in [2.24, 2.45) is 0 Å². The molecule has 4 heteroatoms. The van der Waals surface area contributed by atoms with E-state index in [0.29, 0.717) is 22.9 Å². The van der Waals surface area contributed by atoms with E-state index in [4.69, 9.17) is 21.1 Å². The van der Waals surface area contributed by atoms with Gasteiger partial charge in [0.25, 0.3) is 0 Å². The number of aliphatic hydroxyl groups is 1. The number of ether oxygens (including phenoxy) is 2. The summed E-state index contributed by atoms with van der Waals surface area (Å²) in [6.45, 7) is 6.39. The third-order valence-electron chi connectivity index (χ3n) is 3.40. The fourth-order valence-corrected chi connectivity index (χ4v) is 2.54. The minimum Gasteiger partial charge on any atom is -0.490 e. The lowest BCUT2D eigenvalue weighted by Crippen LogP contribution is -2.24. The van der Waals surface area contributed by atoms with Crippen LogP contribution in [-0.4, -0.2) is 23.4 Å². The lowest BCUT2D eigenvalue weighted by Gasteiger charge is -2.20. The van der Waals surface area contributed by atoms with Gasteiger partial charge in [0, 0.05) is 10.6 Å². The molecule has 0 amide bonds. The highest BCUT2D eigenvalue weighted by atomic mass is 35.5. The van der Waals surface area contributed by atoms with Crippen molar-refractivity contribution in [1.29, 1.82) is 0 Å². The molecule has 19 heavy (non-hydrogen) atoms. The van der Waals surface area contributed by atoms with Crippen LogP contribution in [0.5, 0.6) is 5.75 Å². The van der Waals surface area contributed by atoms with Crippen molar-refractivity contribution >= 4 is 11.6 Å². The van der Waals surface area contributed by atoms with Gasteiger partial charge in [0.1, 0.15) is 12.4 Å². The van der Waals surface area contributed by atoms with Crippen LogP contribution in [-0.2, 0) is 4.74 Å². The number of benzene rings is 1. The van der Waals surface area contributed by atoms with Gasteiger partial charge in [-0.3, -0.25) is 0 Å². The molecular weight excluding hydrogens is 264 g/mol. The highest BCUT2D eigenvalue weighted by Crippen LogP contribution is 2.32. The number of aliphatic hydroxyl groups excluding tert-OH is 1. The van der Waals surface area contributed by atoms with Gasteiger partial charge >= 0.3 is 0 Å². The zero-order valence-electron chi connectivity index (χ0n) is 11.6. The third kappa shape index (κ3) is 3.85. The quantitative estimate of drug-likeness (QED) is 0.915. The number of rotatable bonds is 4. The van der Waals surface area contributed by atoms with Crippen LogP contribution in [0.3, 0.4) is 0 Å². The fraction of sp³-hybridized carbons (Fsp3) is 0.600. The molecule has 1 aromatic rings. The summed E-state index contributed by atoms with van der Waals surface area (Å²) in [5.74, 6) is 0.674. The normalized spacial score (nSPS) is 23.3. The summed E-state index contributed by atoms with van der Waals surface area (Å²) in [5, 5.41) is 10.3. The minimum atomic E-state index is -0.602. The van der Waals surface area contributed by atoms with Crippen molar-refractivity contribution < 1.29 is 14.6 Å². The average molecular weight is 285 g/mol. The molecule has 1 unspecified atom stereocenters. The first-order chi connectivity index (χ1) is 8.87. The molecule has 1 aliphatic rings. The highest BCUT2D eigenvalue weighted by Gasteiger charge is 2.32. The molecule has 106 valence electrons. The predicted molar refractivity (Wildman–Crippen MR) is 75.8 cm³/mol. The Morgan fingerprint density at radius 2 is 2.26 bits per heavy atom. The van der Waals surface area contributed by atoms with Gasteiger partial charge in [0.05, 0.1) is 17.8 Å². The average Bonchev–Trinajstić information content (AvgIpc) is 2.67. The van der Waals surface area contributed by atoms with Gasteiger partial charge in [0.15, 0.2) is 0 Å². The molecule has 0 spiro atoms. The van der Waals surface area contributed by atoms with Crippen molar-refractivity contribution in [3.05, 3.63) is 28.8 Å². The topological polar surface area (TPSA) is 38.7 Å². The summed E-state index contributed by atoms with van der Waals surface area (Å²) >= 11 is 5.93. The summed E-state index contributed by atoms with van der Waals surface area (Å²) in [5.41, 5.74) is 0.658. The van der Waals surface area contributed by atoms with Gasteiger partial charge in [-0.1, -0.05) is 11.6 Å². The van der Waals surface area contributed by atoms with Crippen LogP contribution >= 0.6 is 11.6 Å². The largest absolute Gasteiger partial charge is 0.490 e. The van der Waals surface area contributed by atoms with Crippen molar-refractivity contribution in [1.82, 2.24) is 0 Å². The molecule has 1 aromatic carbocycles. The standard InChI is InChI=1S/C15H21ClO3/c1-10(17)13-8-11(16)4-5-14(13)18-9-12-6-7-15(2,3)19-12/h4-5,8,10,12,17H,6-7,9H2,1-3H3/t10-,12?/m1/s1. The van der Waals surface area contributed by atoms with Crippen molar-refractivity contribution in [3.8, 4) is 5.75 Å². The van der Waals surface area contributed by atoms with Crippen LogP contribution in [0.25, 0.3) is 0 Å². The van der Waals surface area contributed by atoms with Crippen molar-refractivity contribution in [3.63, 3.8) is 0 Å². The lowest BCUT2D eigenvalue weighted by molar-refractivity contribution is -0.0329. The molecule has 1 N–H and O–H groups in total. The minimum absolute atomic E-state index is 0.0544. The lowest BCUT2D eigenvalue weighted by atomic mass is 10.1. The molecule has 1 saturated heterocycles. The smallest absolute Gasteiger partial charge is 0.125 e. The summed E-state index contributed by atoms with van der Waals surface area (Å²) in [7, 11) is 0. The van der Waals surface area contributed by atoms with E-state index in [2.05, 4.69) is 13.8 Å². The van der Waals surface area contributed by atoms with E-state index < -0.39 is 6.10 Å². The zero-order chi connectivity index (χ0) is 14.0. The number of hydrogen-bond acceptors (Lipinski definition) is 3. The monoisotopic (exact) mass is 284 g/mol. The van der Waals surface area contributed by atoms with E-state index in [1.54, 1.807) is 25.1 Å². The van der Waals surface area contributed by atoms with Gasteiger partial charge < -0.3 is 14.6 Å². The second-order valence-electron chi connectivity index (χ2n) is 5.71. The van der Waals surface area contributed by atoms with E-state index in [1.807, 2.05) is 0 Å². The Kier molecular flexibility index (Phi) is 4.39. The third-order valence-corrected chi connectivity index (χ3v) is 3.64. The van der Waals surface area contributed by atoms with E-state index in [0.717, 1.165) is 12.8 Å². The molecule has 2 atom stereocenters. The predicted octanol–water partition coefficient (Wildman–Crippen LogP) is 3.73. The van der Waals surface area contributed by atoms with Crippen molar-refractivity contribution in [2.75, 3.05) is 6.61 Å². The molecular formula is C15H21ClO3. The second-order valence-corrected chi connectivity index (χ2v) is 6.14. The molecule has 0 bridgehead atoms. The first-order valence-electron chi connectivity index (χ1n) is 6.65. The Balaban J connectivity index is 2.00. The molecule has 1 fully saturated rings. The van der Waals surface area contributed by atoms with Crippen LogP contribution in [0.2, 0.25) is 5.02 Å². The van der Waals surface area contributed by atoms with Crippen LogP contribution in [0.15, 0.2) is 18.2 Å². The van der Waals surface area contributed by atoms with Gasteiger partial charge in [0.2, 0.25) is 0 Å². The maximum Gasteiger partial charge on any atom is 0.125 e. The van der Waals surface area contributed by atoms with E-state index in [9.17, 15) is 5.11 Å². The second kappa shape index (κ2) is 5.70. The van der Waals surface area contributed by atoms with Crippen LogP contribution in [0.1, 0.15) is 45.3 Å².